The number of rotatable bonds is 7. The number of hydrogen-bond donors (Lipinski definition) is 1. The third-order valence-corrected chi connectivity index (χ3v) is 7.43. The summed E-state index contributed by atoms with van der Waals surface area (Å²) in [5, 5.41) is -4.45. The highest BCUT2D eigenvalue weighted by molar-refractivity contribution is 7.86. The summed E-state index contributed by atoms with van der Waals surface area (Å²) < 4.78 is 60.4. The zero-order valence-electron chi connectivity index (χ0n) is 17.0. The van der Waals surface area contributed by atoms with Gasteiger partial charge in [-0.25, -0.2) is 0 Å². The first kappa shape index (κ1) is 23.5. The van der Waals surface area contributed by atoms with Crippen molar-refractivity contribution >= 4 is 16.1 Å². The number of esters is 1. The van der Waals surface area contributed by atoms with Crippen molar-refractivity contribution in [2.45, 2.75) is 64.6 Å². The fourth-order valence-electron chi connectivity index (χ4n) is 5.41. The molecule has 0 unspecified atom stereocenters. The summed E-state index contributed by atoms with van der Waals surface area (Å²) in [6.07, 6.45) is 5.22. The Morgan fingerprint density at radius 2 is 1.43 bits per heavy atom. The topological polar surface area (TPSA) is 83.9 Å². The van der Waals surface area contributed by atoms with Gasteiger partial charge in [-0.05, 0) is 75.9 Å². The molecule has 164 valence electrons. The van der Waals surface area contributed by atoms with E-state index in [1.54, 1.807) is 0 Å². The van der Waals surface area contributed by atoms with E-state index in [0.29, 0.717) is 37.0 Å². The summed E-state index contributed by atoms with van der Waals surface area (Å²) in [5.74, 6) is 0.618. The summed E-state index contributed by atoms with van der Waals surface area (Å²) in [7, 11) is -5.56. The van der Waals surface area contributed by atoms with Gasteiger partial charge in [0.05, 0.1) is 5.41 Å². The van der Waals surface area contributed by atoms with Crippen LogP contribution < -0.4 is 0 Å². The van der Waals surface area contributed by atoms with Gasteiger partial charge in [-0.1, -0.05) is 20.8 Å². The van der Waals surface area contributed by atoms with Crippen molar-refractivity contribution < 1.29 is 31.3 Å². The van der Waals surface area contributed by atoms with Gasteiger partial charge in [0.25, 0.3) is 0 Å². The number of carbonyl (C=O) groups excluding carboxylic acids is 1. The molecule has 0 atom stereocenters. The van der Waals surface area contributed by atoms with Crippen molar-refractivity contribution in [2.24, 2.45) is 23.2 Å². The molecule has 4 aliphatic carbocycles. The molecule has 0 amide bonds. The lowest BCUT2D eigenvalue weighted by Gasteiger charge is -2.55. The van der Waals surface area contributed by atoms with E-state index in [-0.39, 0.29) is 0 Å². The fraction of sp³-hybridized carbons (Fsp3) is 0.947. The molecule has 0 aromatic carbocycles. The SMILES string of the molecule is CCN(CC)CC.O=C(OCC(F)(F)S(=O)(=O)O)C12CC3CC(CC(C3)C1)C2. The quantitative estimate of drug-likeness (QED) is 0.496. The third kappa shape index (κ3) is 5.21. The van der Waals surface area contributed by atoms with Crippen LogP contribution in [0.25, 0.3) is 0 Å². The lowest BCUT2D eigenvalue weighted by atomic mass is 9.49. The Labute approximate surface area is 166 Å². The van der Waals surface area contributed by atoms with Crippen molar-refractivity contribution in [1.29, 1.82) is 0 Å². The van der Waals surface area contributed by atoms with Crippen LogP contribution in [0.15, 0.2) is 0 Å². The van der Waals surface area contributed by atoms with Crippen LogP contribution in [0.5, 0.6) is 0 Å². The highest BCUT2D eigenvalue weighted by Crippen LogP contribution is 2.60. The van der Waals surface area contributed by atoms with Crippen LogP contribution in [0, 0.1) is 23.2 Å². The maximum absolute atomic E-state index is 13.1. The van der Waals surface area contributed by atoms with E-state index in [2.05, 4.69) is 30.4 Å². The molecule has 0 spiro atoms. The Morgan fingerprint density at radius 1 is 1.04 bits per heavy atom. The number of hydrogen-bond acceptors (Lipinski definition) is 5. The second-order valence-electron chi connectivity index (χ2n) is 8.51. The molecule has 0 heterocycles. The van der Waals surface area contributed by atoms with E-state index in [9.17, 15) is 22.0 Å². The van der Waals surface area contributed by atoms with Crippen LogP contribution in [0.4, 0.5) is 8.78 Å². The standard InChI is InChI=1S/C13H18F2O5S.C6H15N/c14-13(15,21(17,18)19)7-20-11(16)12-4-8-1-9(5-12)3-10(2-8)6-12;1-4-7(5-2)6-3/h8-10H,1-7H2,(H,17,18,19);4-6H2,1-3H3. The van der Waals surface area contributed by atoms with Crippen LogP contribution >= 0.6 is 0 Å². The second kappa shape index (κ2) is 8.92. The predicted molar refractivity (Wildman–Crippen MR) is 102 cm³/mol. The Balaban J connectivity index is 0.000000345. The van der Waals surface area contributed by atoms with Gasteiger partial charge in [-0.15, -0.1) is 0 Å². The first-order valence-corrected chi connectivity index (χ1v) is 11.6. The van der Waals surface area contributed by atoms with Gasteiger partial charge in [-0.3, -0.25) is 9.35 Å². The molecule has 0 aliphatic heterocycles. The van der Waals surface area contributed by atoms with Gasteiger partial charge in [-0.2, -0.15) is 17.2 Å². The maximum Gasteiger partial charge on any atom is 0.402 e. The number of ether oxygens (including phenoxy) is 1. The minimum Gasteiger partial charge on any atom is -0.458 e. The van der Waals surface area contributed by atoms with Gasteiger partial charge in [0.2, 0.25) is 0 Å². The number of nitrogens with zero attached hydrogens (tertiary/aromatic N) is 1. The van der Waals surface area contributed by atoms with Crippen LogP contribution in [0.1, 0.15) is 59.3 Å². The molecule has 1 N–H and O–H groups in total. The molecule has 4 rings (SSSR count). The Morgan fingerprint density at radius 3 is 1.71 bits per heavy atom. The highest BCUT2D eigenvalue weighted by atomic mass is 32.2. The fourth-order valence-corrected chi connectivity index (χ4v) is 5.62. The average Bonchev–Trinajstić information content (AvgIpc) is 2.59. The molecule has 0 radical (unpaired) electrons. The molecular formula is C19H33F2NO5S. The number of alkyl halides is 2. The van der Waals surface area contributed by atoms with Gasteiger partial charge in [0.1, 0.15) is 0 Å². The van der Waals surface area contributed by atoms with Crippen molar-refractivity contribution in [3.8, 4) is 0 Å². The molecule has 0 aromatic rings. The molecule has 6 nitrogen and oxygen atoms in total. The van der Waals surface area contributed by atoms with Gasteiger partial charge < -0.3 is 9.64 Å². The van der Waals surface area contributed by atoms with E-state index < -0.39 is 33.4 Å². The van der Waals surface area contributed by atoms with Crippen LogP contribution in [-0.4, -0.2) is 55.3 Å². The maximum atomic E-state index is 13.1. The highest BCUT2D eigenvalue weighted by Gasteiger charge is 2.56. The van der Waals surface area contributed by atoms with Crippen molar-refractivity contribution in [3.63, 3.8) is 0 Å². The monoisotopic (exact) mass is 425 g/mol. The minimum atomic E-state index is -5.56. The van der Waals surface area contributed by atoms with Gasteiger partial charge in [0, 0.05) is 0 Å². The molecule has 0 aromatic heterocycles. The Kier molecular flexibility index (Phi) is 7.48. The zero-order valence-corrected chi connectivity index (χ0v) is 17.8. The van der Waals surface area contributed by atoms with Crippen molar-refractivity contribution in [1.82, 2.24) is 4.90 Å². The van der Waals surface area contributed by atoms with Gasteiger partial charge in [0.15, 0.2) is 6.61 Å². The van der Waals surface area contributed by atoms with E-state index in [4.69, 9.17) is 4.55 Å². The average molecular weight is 426 g/mol. The summed E-state index contributed by atoms with van der Waals surface area (Å²) in [6, 6.07) is 0. The second-order valence-corrected chi connectivity index (χ2v) is 10.1. The summed E-state index contributed by atoms with van der Waals surface area (Å²) in [6.45, 7) is 8.51. The van der Waals surface area contributed by atoms with E-state index in [0.717, 1.165) is 19.3 Å². The lowest BCUT2D eigenvalue weighted by Crippen LogP contribution is -2.51. The largest absolute Gasteiger partial charge is 0.458 e. The smallest absolute Gasteiger partial charge is 0.402 e. The molecule has 28 heavy (non-hydrogen) atoms. The van der Waals surface area contributed by atoms with Gasteiger partial charge >= 0.3 is 21.3 Å². The van der Waals surface area contributed by atoms with Crippen LogP contribution in [0.3, 0.4) is 0 Å². The molecule has 4 saturated carbocycles. The summed E-state index contributed by atoms with van der Waals surface area (Å²) >= 11 is 0. The van der Waals surface area contributed by atoms with Crippen molar-refractivity contribution in [3.05, 3.63) is 0 Å². The lowest BCUT2D eigenvalue weighted by molar-refractivity contribution is -0.176. The minimum absolute atomic E-state index is 0.450. The molecular weight excluding hydrogens is 392 g/mol. The molecule has 4 bridgehead atoms. The van der Waals surface area contributed by atoms with Crippen molar-refractivity contribution in [2.75, 3.05) is 26.2 Å². The van der Waals surface area contributed by atoms with E-state index in [1.807, 2.05) is 0 Å². The molecule has 4 fully saturated rings. The summed E-state index contributed by atoms with van der Waals surface area (Å²) in [4.78, 5) is 14.6. The Bertz CT molecular complexity index is 608. The van der Waals surface area contributed by atoms with E-state index in [1.165, 1.54) is 19.6 Å². The molecule has 9 heteroatoms. The van der Waals surface area contributed by atoms with Crippen LogP contribution in [0.2, 0.25) is 0 Å². The predicted octanol–water partition coefficient (Wildman–Crippen LogP) is 3.57. The zero-order chi connectivity index (χ0) is 21.2. The normalized spacial score (nSPS) is 31.5. The number of halogens is 2. The molecule has 0 saturated heterocycles. The van der Waals surface area contributed by atoms with E-state index >= 15 is 0 Å². The Hall–Kier alpha value is -0.800. The number of carbonyl (C=O) groups is 1. The third-order valence-electron chi connectivity index (χ3n) is 6.56. The first-order valence-electron chi connectivity index (χ1n) is 10.2. The first-order chi connectivity index (χ1) is 13.0. The molecule has 4 aliphatic rings. The van der Waals surface area contributed by atoms with Crippen LogP contribution in [-0.2, 0) is 19.6 Å². The summed E-state index contributed by atoms with van der Waals surface area (Å²) in [5.41, 5.74) is -0.718.